The van der Waals surface area contributed by atoms with Crippen LogP contribution in [0.2, 0.25) is 0 Å². The number of methoxy groups -OCH3 is 1. The van der Waals surface area contributed by atoms with Gasteiger partial charge in [-0.1, -0.05) is 11.8 Å². The molecule has 0 saturated carbocycles. The maximum atomic E-state index is 11.2. The topological polar surface area (TPSA) is 108 Å². The Morgan fingerprint density at radius 3 is 2.50 bits per heavy atom. The summed E-state index contributed by atoms with van der Waals surface area (Å²) in [4.78, 5) is 22.3. The van der Waals surface area contributed by atoms with Gasteiger partial charge in [0.2, 0.25) is 0 Å². The molecule has 0 spiro atoms. The van der Waals surface area contributed by atoms with Gasteiger partial charge >= 0.3 is 0 Å². The van der Waals surface area contributed by atoms with Gasteiger partial charge < -0.3 is 10.1 Å². The first kappa shape index (κ1) is 14.1. The van der Waals surface area contributed by atoms with Crippen molar-refractivity contribution in [2.75, 3.05) is 12.4 Å². The number of anilines is 2. The predicted molar refractivity (Wildman–Crippen MR) is 80.2 cm³/mol. The molecule has 0 atom stereocenters. The lowest BCUT2D eigenvalue weighted by atomic mass is 10.2. The van der Waals surface area contributed by atoms with Crippen molar-refractivity contribution in [3.05, 3.63) is 50.6 Å². The normalized spacial score (nSPS) is 11.9. The number of nitrogens with one attached hydrogen (secondary N) is 1. The molecular weight excluding hydrogens is 310 g/mol. The van der Waals surface area contributed by atoms with Crippen LogP contribution >= 0.6 is 11.8 Å². The summed E-state index contributed by atoms with van der Waals surface area (Å²) in [6, 6.07) is 7.32. The highest BCUT2D eigenvalue weighted by molar-refractivity contribution is 7.99. The molecule has 0 fully saturated rings. The highest BCUT2D eigenvalue weighted by atomic mass is 32.2. The minimum Gasteiger partial charge on any atom is -0.496 e. The van der Waals surface area contributed by atoms with Gasteiger partial charge in [-0.05, 0) is 12.1 Å². The molecule has 112 valence electrons. The first-order valence-electron chi connectivity index (χ1n) is 6.09. The van der Waals surface area contributed by atoms with Crippen LogP contribution in [0.5, 0.6) is 5.75 Å². The molecule has 9 heteroatoms. The zero-order valence-corrected chi connectivity index (χ0v) is 12.0. The van der Waals surface area contributed by atoms with E-state index in [9.17, 15) is 20.2 Å². The van der Waals surface area contributed by atoms with Crippen LogP contribution in [0.15, 0.2) is 40.1 Å². The third kappa shape index (κ3) is 2.31. The van der Waals surface area contributed by atoms with E-state index in [1.54, 1.807) is 6.07 Å². The Kier molecular flexibility index (Phi) is 3.33. The lowest BCUT2D eigenvalue weighted by molar-refractivity contribution is -0.385. The molecule has 1 heterocycles. The van der Waals surface area contributed by atoms with Gasteiger partial charge in [0.1, 0.15) is 11.4 Å². The second-order valence-corrected chi connectivity index (χ2v) is 5.53. The summed E-state index contributed by atoms with van der Waals surface area (Å²) >= 11 is 1.22. The molecule has 8 nitrogen and oxygen atoms in total. The number of nitro groups is 2. The number of ether oxygens (including phenoxy) is 1. The van der Waals surface area contributed by atoms with E-state index < -0.39 is 9.85 Å². The fourth-order valence-corrected chi connectivity index (χ4v) is 3.19. The third-order valence-corrected chi connectivity index (χ3v) is 4.24. The summed E-state index contributed by atoms with van der Waals surface area (Å²) in [6.07, 6.45) is 0. The monoisotopic (exact) mass is 319 g/mol. The van der Waals surface area contributed by atoms with Crippen LogP contribution in [0.25, 0.3) is 0 Å². The minimum absolute atomic E-state index is 0.0334. The fraction of sp³-hybridized carbons (Fsp3) is 0.0769. The number of fused-ring (bicyclic) bond motifs is 2. The number of benzene rings is 2. The fourth-order valence-electron chi connectivity index (χ4n) is 2.11. The van der Waals surface area contributed by atoms with Crippen LogP contribution < -0.4 is 10.1 Å². The van der Waals surface area contributed by atoms with Gasteiger partial charge in [0.15, 0.2) is 0 Å². The molecule has 0 unspecified atom stereocenters. The predicted octanol–water partition coefficient (Wildman–Crippen LogP) is 3.72. The van der Waals surface area contributed by atoms with Crippen molar-refractivity contribution in [1.82, 2.24) is 0 Å². The zero-order valence-electron chi connectivity index (χ0n) is 11.2. The number of hydrogen-bond donors (Lipinski definition) is 1. The Balaban J connectivity index is 2.11. The maximum Gasteiger partial charge on any atom is 0.297 e. The highest BCUT2D eigenvalue weighted by Crippen LogP contribution is 2.50. The number of nitro benzene ring substituents is 2. The Morgan fingerprint density at radius 1 is 1.09 bits per heavy atom. The van der Waals surface area contributed by atoms with Gasteiger partial charge in [0.25, 0.3) is 11.4 Å². The van der Waals surface area contributed by atoms with Gasteiger partial charge in [-0.3, -0.25) is 20.2 Å². The number of non-ortho nitro benzene ring substituents is 1. The quantitative estimate of drug-likeness (QED) is 0.579. The molecule has 22 heavy (non-hydrogen) atoms. The largest absolute Gasteiger partial charge is 0.496 e. The van der Waals surface area contributed by atoms with Gasteiger partial charge in [0, 0.05) is 21.9 Å². The molecule has 0 amide bonds. The van der Waals surface area contributed by atoms with Crippen molar-refractivity contribution in [1.29, 1.82) is 0 Å². The average molecular weight is 319 g/mol. The van der Waals surface area contributed by atoms with Crippen LogP contribution in [0, 0.1) is 20.2 Å². The van der Waals surface area contributed by atoms with E-state index in [1.807, 2.05) is 0 Å². The van der Waals surface area contributed by atoms with Crippen molar-refractivity contribution in [2.45, 2.75) is 9.79 Å². The standard InChI is InChI=1S/C13H9N3O5S/c1-21-8-5-10(16(19)20)13-12(6-8)22-11-4-7(15(17)18)2-3-9(11)14-13/h2-6,14H,1H3. The number of rotatable bonds is 3. The second-order valence-electron chi connectivity index (χ2n) is 4.44. The van der Waals surface area contributed by atoms with Gasteiger partial charge in [-0.2, -0.15) is 0 Å². The molecule has 2 aromatic carbocycles. The minimum atomic E-state index is -0.495. The smallest absolute Gasteiger partial charge is 0.297 e. The molecule has 0 bridgehead atoms. The molecule has 3 rings (SSSR count). The molecule has 2 aromatic rings. The Hall–Kier alpha value is -2.81. The van der Waals surface area contributed by atoms with Crippen LogP contribution in [0.4, 0.5) is 22.7 Å². The molecule has 0 radical (unpaired) electrons. The molecule has 1 N–H and O–H groups in total. The van der Waals surface area contributed by atoms with Crippen LogP contribution in [-0.4, -0.2) is 17.0 Å². The Morgan fingerprint density at radius 2 is 1.86 bits per heavy atom. The molecular formula is C13H9N3O5S. The summed E-state index contributed by atoms with van der Waals surface area (Å²) < 4.78 is 5.07. The van der Waals surface area contributed by atoms with Crippen LogP contribution in [0.3, 0.4) is 0 Å². The third-order valence-electron chi connectivity index (χ3n) is 3.14. The van der Waals surface area contributed by atoms with Gasteiger partial charge in [-0.15, -0.1) is 0 Å². The summed E-state index contributed by atoms with van der Waals surface area (Å²) in [5.74, 6) is 0.355. The van der Waals surface area contributed by atoms with Crippen molar-refractivity contribution in [3.8, 4) is 5.75 Å². The van der Waals surface area contributed by atoms with E-state index in [0.717, 1.165) is 0 Å². The van der Waals surface area contributed by atoms with E-state index in [1.165, 1.54) is 43.1 Å². The van der Waals surface area contributed by atoms with E-state index in [-0.39, 0.29) is 11.4 Å². The molecule has 0 aromatic heterocycles. The summed E-state index contributed by atoms with van der Waals surface area (Å²) in [5, 5.41) is 25.0. The van der Waals surface area contributed by atoms with E-state index in [4.69, 9.17) is 4.74 Å². The Labute approximate surface area is 128 Å². The molecule has 0 saturated heterocycles. The van der Waals surface area contributed by atoms with E-state index in [2.05, 4.69) is 5.32 Å². The van der Waals surface area contributed by atoms with Crippen LogP contribution in [-0.2, 0) is 0 Å². The van der Waals surface area contributed by atoms with Crippen molar-refractivity contribution in [3.63, 3.8) is 0 Å². The van der Waals surface area contributed by atoms with Crippen molar-refractivity contribution < 1.29 is 14.6 Å². The number of nitrogens with zero attached hydrogens (tertiary/aromatic N) is 2. The zero-order chi connectivity index (χ0) is 15.9. The second kappa shape index (κ2) is 5.19. The van der Waals surface area contributed by atoms with Crippen molar-refractivity contribution >= 4 is 34.5 Å². The summed E-state index contributed by atoms with van der Waals surface area (Å²) in [7, 11) is 1.42. The molecule has 0 aliphatic carbocycles. The van der Waals surface area contributed by atoms with Crippen LogP contribution in [0.1, 0.15) is 0 Å². The lowest BCUT2D eigenvalue weighted by Gasteiger charge is -2.20. The highest BCUT2D eigenvalue weighted by Gasteiger charge is 2.27. The first-order chi connectivity index (χ1) is 10.5. The van der Waals surface area contributed by atoms with Gasteiger partial charge in [0.05, 0.1) is 28.7 Å². The SMILES string of the molecule is COc1cc2c(c([N+](=O)[O-])c1)Nc1ccc([N+](=O)[O-])cc1S2. The average Bonchev–Trinajstić information content (AvgIpc) is 2.50. The van der Waals surface area contributed by atoms with E-state index in [0.29, 0.717) is 26.9 Å². The first-order valence-corrected chi connectivity index (χ1v) is 6.91. The van der Waals surface area contributed by atoms with Gasteiger partial charge in [-0.25, -0.2) is 0 Å². The summed E-state index contributed by atoms with van der Waals surface area (Å²) in [5.41, 5.74) is 0.813. The van der Waals surface area contributed by atoms with Crippen molar-refractivity contribution in [2.24, 2.45) is 0 Å². The van der Waals surface area contributed by atoms with E-state index >= 15 is 0 Å². The molecule has 1 aliphatic heterocycles. The molecule has 1 aliphatic rings. The lowest BCUT2D eigenvalue weighted by Crippen LogP contribution is -2.04. The summed E-state index contributed by atoms with van der Waals surface area (Å²) in [6.45, 7) is 0. The maximum absolute atomic E-state index is 11.2. The number of hydrogen-bond acceptors (Lipinski definition) is 7. The Bertz CT molecular complexity index is 809.